The van der Waals surface area contributed by atoms with Gasteiger partial charge >= 0.3 is 0 Å². The Morgan fingerprint density at radius 2 is 2.19 bits per heavy atom. The van der Waals surface area contributed by atoms with E-state index in [-0.39, 0.29) is 11.9 Å². The first kappa shape index (κ1) is 14.8. The lowest BCUT2D eigenvalue weighted by atomic mass is 9.73. The molecule has 5 heteroatoms. The van der Waals surface area contributed by atoms with Gasteiger partial charge in [-0.1, -0.05) is 23.7 Å². The molecule has 2 aliphatic heterocycles. The smallest absolute Gasteiger partial charge is 0.231 e. The molecule has 1 atom stereocenters. The Kier molecular flexibility index (Phi) is 4.48. The van der Waals surface area contributed by atoms with E-state index in [1.807, 2.05) is 24.3 Å². The van der Waals surface area contributed by atoms with Crippen LogP contribution in [-0.2, 0) is 14.9 Å². The van der Waals surface area contributed by atoms with E-state index in [0.29, 0.717) is 31.1 Å². The second-order valence-electron chi connectivity index (χ2n) is 5.87. The topological polar surface area (TPSA) is 50.4 Å². The Bertz CT molecular complexity index is 509. The van der Waals surface area contributed by atoms with Gasteiger partial charge in [0, 0.05) is 30.8 Å². The summed E-state index contributed by atoms with van der Waals surface area (Å²) in [6.45, 7) is 3.05. The van der Waals surface area contributed by atoms with Gasteiger partial charge in [0.05, 0.1) is 5.41 Å². The number of nitrogens with one attached hydrogen (secondary N) is 2. The van der Waals surface area contributed by atoms with E-state index in [4.69, 9.17) is 16.3 Å². The predicted molar refractivity (Wildman–Crippen MR) is 82.6 cm³/mol. The standard InChI is InChI=1S/C16H21ClN2O2/c17-13-3-1-2-12(10-13)16(5-8-21-9-6-16)15(20)19-14-4-7-18-11-14/h1-3,10,14,18H,4-9,11H2,(H,19,20). The van der Waals surface area contributed by atoms with Crippen molar-refractivity contribution in [2.24, 2.45) is 0 Å². The normalized spacial score (nSPS) is 24.7. The highest BCUT2D eigenvalue weighted by Crippen LogP contribution is 2.36. The Morgan fingerprint density at radius 1 is 1.38 bits per heavy atom. The number of carbonyl (C=O) groups is 1. The maximum absolute atomic E-state index is 13.0. The summed E-state index contributed by atoms with van der Waals surface area (Å²) in [7, 11) is 0. The van der Waals surface area contributed by atoms with Crippen molar-refractivity contribution in [3.63, 3.8) is 0 Å². The lowest BCUT2D eigenvalue weighted by Crippen LogP contribution is -2.51. The minimum absolute atomic E-state index is 0.113. The number of halogens is 1. The van der Waals surface area contributed by atoms with E-state index in [9.17, 15) is 4.79 Å². The first-order chi connectivity index (χ1) is 10.2. The van der Waals surface area contributed by atoms with Gasteiger partial charge in [0.15, 0.2) is 0 Å². The van der Waals surface area contributed by atoms with Gasteiger partial charge in [0.25, 0.3) is 0 Å². The molecule has 1 unspecified atom stereocenters. The second-order valence-corrected chi connectivity index (χ2v) is 6.30. The summed E-state index contributed by atoms with van der Waals surface area (Å²) in [6, 6.07) is 7.91. The van der Waals surface area contributed by atoms with Gasteiger partial charge in [-0.2, -0.15) is 0 Å². The van der Waals surface area contributed by atoms with Gasteiger partial charge < -0.3 is 15.4 Å². The maximum atomic E-state index is 13.0. The molecule has 3 rings (SSSR count). The van der Waals surface area contributed by atoms with Crippen LogP contribution in [0, 0.1) is 0 Å². The molecule has 0 spiro atoms. The molecule has 2 heterocycles. The SMILES string of the molecule is O=C(NC1CCNC1)C1(c2cccc(Cl)c2)CCOCC1. The van der Waals surface area contributed by atoms with Crippen molar-refractivity contribution in [3.8, 4) is 0 Å². The minimum atomic E-state index is -0.508. The highest BCUT2D eigenvalue weighted by Gasteiger charge is 2.42. The highest BCUT2D eigenvalue weighted by atomic mass is 35.5. The summed E-state index contributed by atoms with van der Waals surface area (Å²) in [6.07, 6.45) is 2.41. The fraction of sp³-hybridized carbons (Fsp3) is 0.562. The molecule has 0 aliphatic carbocycles. The molecule has 0 radical (unpaired) electrons. The van der Waals surface area contributed by atoms with Crippen molar-refractivity contribution < 1.29 is 9.53 Å². The average Bonchev–Trinajstić information content (AvgIpc) is 3.01. The molecule has 2 fully saturated rings. The van der Waals surface area contributed by atoms with Crippen LogP contribution in [0.25, 0.3) is 0 Å². The lowest BCUT2D eigenvalue weighted by Gasteiger charge is -2.37. The fourth-order valence-corrected chi connectivity index (χ4v) is 3.44. The summed E-state index contributed by atoms with van der Waals surface area (Å²) in [5, 5.41) is 7.16. The van der Waals surface area contributed by atoms with Crippen LogP contribution in [0.4, 0.5) is 0 Å². The Hall–Kier alpha value is -1.10. The lowest BCUT2D eigenvalue weighted by molar-refractivity contribution is -0.131. The van der Waals surface area contributed by atoms with Crippen molar-refractivity contribution in [1.82, 2.24) is 10.6 Å². The van der Waals surface area contributed by atoms with Crippen LogP contribution in [0.5, 0.6) is 0 Å². The number of rotatable bonds is 3. The molecule has 1 aromatic carbocycles. The molecule has 1 amide bonds. The number of hydrogen-bond acceptors (Lipinski definition) is 3. The van der Waals surface area contributed by atoms with Crippen LogP contribution in [-0.4, -0.2) is 38.3 Å². The largest absolute Gasteiger partial charge is 0.381 e. The van der Waals surface area contributed by atoms with Crippen LogP contribution in [0.2, 0.25) is 5.02 Å². The molecule has 114 valence electrons. The van der Waals surface area contributed by atoms with E-state index >= 15 is 0 Å². The zero-order valence-electron chi connectivity index (χ0n) is 12.0. The quantitative estimate of drug-likeness (QED) is 0.896. The van der Waals surface area contributed by atoms with E-state index in [1.165, 1.54) is 0 Å². The van der Waals surface area contributed by atoms with Crippen LogP contribution in [0.1, 0.15) is 24.8 Å². The third kappa shape index (κ3) is 3.07. The van der Waals surface area contributed by atoms with Crippen LogP contribution < -0.4 is 10.6 Å². The molecular weight excluding hydrogens is 288 g/mol. The number of benzene rings is 1. The molecule has 21 heavy (non-hydrogen) atoms. The van der Waals surface area contributed by atoms with Crippen LogP contribution in [0.15, 0.2) is 24.3 Å². The Balaban J connectivity index is 1.86. The molecule has 0 bridgehead atoms. The summed E-state index contributed by atoms with van der Waals surface area (Å²) >= 11 is 6.13. The van der Waals surface area contributed by atoms with E-state index < -0.39 is 5.41 Å². The molecule has 0 aromatic heterocycles. The van der Waals surface area contributed by atoms with Gasteiger partial charge in [-0.05, 0) is 43.5 Å². The minimum Gasteiger partial charge on any atom is -0.381 e. The third-order valence-electron chi connectivity index (χ3n) is 4.55. The predicted octanol–water partition coefficient (Wildman–Crippen LogP) is 1.87. The average molecular weight is 309 g/mol. The summed E-state index contributed by atoms with van der Waals surface area (Å²) < 4.78 is 5.47. The number of hydrogen-bond donors (Lipinski definition) is 2. The van der Waals surface area contributed by atoms with Gasteiger partial charge in [0.2, 0.25) is 5.91 Å². The molecule has 0 saturated carbocycles. The van der Waals surface area contributed by atoms with Gasteiger partial charge in [-0.3, -0.25) is 4.79 Å². The highest BCUT2D eigenvalue weighted by molar-refractivity contribution is 6.30. The summed E-state index contributed by atoms with van der Waals surface area (Å²) in [4.78, 5) is 13.0. The van der Waals surface area contributed by atoms with Gasteiger partial charge in [0.1, 0.15) is 0 Å². The van der Waals surface area contributed by atoms with Gasteiger partial charge in [-0.25, -0.2) is 0 Å². The summed E-state index contributed by atoms with van der Waals surface area (Å²) in [5.41, 5.74) is 0.493. The number of carbonyl (C=O) groups excluding carboxylic acids is 1. The Morgan fingerprint density at radius 3 is 2.86 bits per heavy atom. The molecule has 2 N–H and O–H groups in total. The van der Waals surface area contributed by atoms with Crippen LogP contribution >= 0.6 is 11.6 Å². The monoisotopic (exact) mass is 308 g/mol. The van der Waals surface area contributed by atoms with Crippen molar-refractivity contribution in [3.05, 3.63) is 34.9 Å². The number of amides is 1. The van der Waals surface area contributed by atoms with E-state index in [2.05, 4.69) is 10.6 Å². The first-order valence-electron chi connectivity index (χ1n) is 7.56. The zero-order valence-corrected chi connectivity index (χ0v) is 12.8. The molecule has 1 aromatic rings. The zero-order chi connectivity index (χ0) is 14.7. The fourth-order valence-electron chi connectivity index (χ4n) is 3.25. The van der Waals surface area contributed by atoms with Crippen molar-refractivity contribution >= 4 is 17.5 Å². The second kappa shape index (κ2) is 6.34. The Labute approximate surface area is 130 Å². The maximum Gasteiger partial charge on any atom is 0.231 e. The summed E-state index contributed by atoms with van der Waals surface area (Å²) in [5.74, 6) is 0.113. The van der Waals surface area contributed by atoms with Crippen molar-refractivity contribution in [2.75, 3.05) is 26.3 Å². The van der Waals surface area contributed by atoms with E-state index in [0.717, 1.165) is 25.1 Å². The molecular formula is C16H21ClN2O2. The van der Waals surface area contributed by atoms with Crippen molar-refractivity contribution in [2.45, 2.75) is 30.7 Å². The molecule has 2 saturated heterocycles. The van der Waals surface area contributed by atoms with Gasteiger partial charge in [-0.15, -0.1) is 0 Å². The molecule has 4 nitrogen and oxygen atoms in total. The van der Waals surface area contributed by atoms with E-state index in [1.54, 1.807) is 0 Å². The third-order valence-corrected chi connectivity index (χ3v) is 4.79. The van der Waals surface area contributed by atoms with Crippen molar-refractivity contribution in [1.29, 1.82) is 0 Å². The molecule has 2 aliphatic rings. The first-order valence-corrected chi connectivity index (χ1v) is 7.94. The number of ether oxygens (including phenoxy) is 1. The van der Waals surface area contributed by atoms with Crippen LogP contribution in [0.3, 0.4) is 0 Å².